The van der Waals surface area contributed by atoms with Crippen molar-refractivity contribution in [3.8, 4) is 16.3 Å². The lowest BCUT2D eigenvalue weighted by Gasteiger charge is -2.07. The van der Waals surface area contributed by atoms with Crippen LogP contribution in [0.3, 0.4) is 0 Å². The van der Waals surface area contributed by atoms with Gasteiger partial charge in [0.1, 0.15) is 34.6 Å². The number of thiazole rings is 1. The van der Waals surface area contributed by atoms with Crippen molar-refractivity contribution in [3.63, 3.8) is 0 Å². The molecule has 0 bridgehead atoms. The summed E-state index contributed by atoms with van der Waals surface area (Å²) in [6.45, 7) is 0.571. The summed E-state index contributed by atoms with van der Waals surface area (Å²) in [6, 6.07) is 17.3. The van der Waals surface area contributed by atoms with E-state index in [4.69, 9.17) is 9.15 Å². The molecular weight excluding hydrogens is 391 g/mol. The molecule has 0 aliphatic rings. The first-order valence-corrected chi connectivity index (χ1v) is 9.79. The molecule has 146 valence electrons. The van der Waals surface area contributed by atoms with Crippen LogP contribution in [0.5, 0.6) is 5.75 Å². The third-order valence-corrected chi connectivity index (χ3v) is 5.01. The Labute approximate surface area is 170 Å². The molecule has 2 heterocycles. The summed E-state index contributed by atoms with van der Waals surface area (Å²) < 4.78 is 24.2. The number of benzene rings is 2. The molecule has 4 aromatic rings. The van der Waals surface area contributed by atoms with Gasteiger partial charge in [0.25, 0.3) is 5.91 Å². The van der Waals surface area contributed by atoms with Gasteiger partial charge in [-0.15, -0.1) is 11.3 Å². The molecule has 4 rings (SSSR count). The fraction of sp³-hybridized carbons (Fsp3) is 0.0909. The number of hydrogen-bond acceptors (Lipinski definition) is 5. The van der Waals surface area contributed by atoms with Gasteiger partial charge in [0.2, 0.25) is 0 Å². The molecule has 0 saturated heterocycles. The molecular formula is C22H17FN2O3S. The number of nitrogens with zero attached hydrogens (tertiary/aromatic N) is 1. The average molecular weight is 408 g/mol. The monoisotopic (exact) mass is 408 g/mol. The fourth-order valence-corrected chi connectivity index (χ4v) is 3.49. The van der Waals surface area contributed by atoms with E-state index < -0.39 is 0 Å². The molecule has 5 nitrogen and oxygen atoms in total. The molecule has 2 aromatic heterocycles. The maximum atomic E-state index is 13.3. The van der Waals surface area contributed by atoms with Crippen molar-refractivity contribution in [2.45, 2.75) is 13.2 Å². The van der Waals surface area contributed by atoms with Gasteiger partial charge in [-0.25, -0.2) is 9.37 Å². The molecule has 2 aromatic carbocycles. The summed E-state index contributed by atoms with van der Waals surface area (Å²) in [5, 5.41) is 5.20. The highest BCUT2D eigenvalue weighted by Crippen LogP contribution is 2.27. The topological polar surface area (TPSA) is 64.4 Å². The molecule has 1 amide bonds. The normalized spacial score (nSPS) is 10.7. The summed E-state index contributed by atoms with van der Waals surface area (Å²) >= 11 is 1.38. The molecule has 7 heteroatoms. The number of aromatic nitrogens is 1. The number of hydrogen-bond donors (Lipinski definition) is 1. The lowest BCUT2D eigenvalue weighted by molar-refractivity contribution is 0.0944. The third kappa shape index (κ3) is 4.89. The highest BCUT2D eigenvalue weighted by Gasteiger charge is 2.12. The van der Waals surface area contributed by atoms with Crippen LogP contribution in [0.25, 0.3) is 10.6 Å². The Balaban J connectivity index is 1.41. The second kappa shape index (κ2) is 8.70. The molecule has 0 radical (unpaired) electrons. The second-order valence-electron chi connectivity index (χ2n) is 6.25. The van der Waals surface area contributed by atoms with Gasteiger partial charge in [-0.2, -0.15) is 0 Å². The molecule has 0 unspecified atom stereocenters. The van der Waals surface area contributed by atoms with Crippen LogP contribution in [-0.4, -0.2) is 10.9 Å². The average Bonchev–Trinajstić information content (AvgIpc) is 3.43. The van der Waals surface area contributed by atoms with E-state index >= 15 is 0 Å². The Bertz CT molecular complexity index is 1110. The van der Waals surface area contributed by atoms with E-state index in [2.05, 4.69) is 10.3 Å². The number of carbonyl (C=O) groups excluding carboxylic acids is 1. The smallest absolute Gasteiger partial charge is 0.271 e. The van der Waals surface area contributed by atoms with Gasteiger partial charge in [0.15, 0.2) is 0 Å². The van der Waals surface area contributed by atoms with Crippen molar-refractivity contribution in [1.29, 1.82) is 0 Å². The largest absolute Gasteiger partial charge is 0.489 e. The van der Waals surface area contributed by atoms with E-state index in [1.54, 1.807) is 35.9 Å². The molecule has 0 aliphatic carbocycles. The first-order chi connectivity index (χ1) is 14.2. The number of amides is 1. The van der Waals surface area contributed by atoms with Crippen LogP contribution >= 0.6 is 11.3 Å². The summed E-state index contributed by atoms with van der Waals surface area (Å²) in [4.78, 5) is 16.7. The molecule has 0 saturated carbocycles. The van der Waals surface area contributed by atoms with E-state index in [0.29, 0.717) is 28.8 Å². The van der Waals surface area contributed by atoms with Crippen LogP contribution in [0.2, 0.25) is 0 Å². The zero-order valence-corrected chi connectivity index (χ0v) is 16.1. The van der Waals surface area contributed by atoms with E-state index in [1.165, 1.54) is 23.5 Å². The summed E-state index contributed by atoms with van der Waals surface area (Å²) in [7, 11) is 0. The SMILES string of the molecule is O=C(NCc1ccco1)c1csc(-c2cccc(OCc3cccc(F)c3)c2)n1. The van der Waals surface area contributed by atoms with Gasteiger partial charge in [-0.1, -0.05) is 24.3 Å². The minimum atomic E-state index is -0.291. The van der Waals surface area contributed by atoms with Crippen LogP contribution in [-0.2, 0) is 13.2 Å². The first kappa shape index (κ1) is 18.9. The summed E-state index contributed by atoms with van der Waals surface area (Å²) in [5.41, 5.74) is 1.94. The van der Waals surface area contributed by atoms with E-state index in [-0.39, 0.29) is 18.3 Å². The Hall–Kier alpha value is -3.45. The maximum absolute atomic E-state index is 13.3. The predicted octanol–water partition coefficient (Wildman–Crippen LogP) is 5.05. The molecule has 1 N–H and O–H groups in total. The third-order valence-electron chi connectivity index (χ3n) is 4.12. The predicted molar refractivity (Wildman–Crippen MR) is 108 cm³/mol. The van der Waals surface area contributed by atoms with Crippen LogP contribution in [0, 0.1) is 5.82 Å². The Morgan fingerprint density at radius 2 is 2.03 bits per heavy atom. The summed E-state index contributed by atoms with van der Waals surface area (Å²) in [6.07, 6.45) is 1.56. The summed E-state index contributed by atoms with van der Waals surface area (Å²) in [5.74, 6) is 0.769. The number of ether oxygens (including phenoxy) is 1. The van der Waals surface area contributed by atoms with Crippen molar-refractivity contribution in [3.05, 3.63) is 95.1 Å². The van der Waals surface area contributed by atoms with Crippen LogP contribution in [0.15, 0.2) is 76.7 Å². The quantitative estimate of drug-likeness (QED) is 0.465. The van der Waals surface area contributed by atoms with Gasteiger partial charge < -0.3 is 14.5 Å². The van der Waals surface area contributed by atoms with E-state index in [0.717, 1.165) is 11.1 Å². The van der Waals surface area contributed by atoms with Crippen molar-refractivity contribution in [1.82, 2.24) is 10.3 Å². The van der Waals surface area contributed by atoms with Crippen molar-refractivity contribution >= 4 is 17.2 Å². The number of halogens is 1. The van der Waals surface area contributed by atoms with Crippen molar-refractivity contribution < 1.29 is 18.3 Å². The molecule has 0 atom stereocenters. The Kier molecular flexibility index (Phi) is 5.67. The Morgan fingerprint density at radius 3 is 2.86 bits per heavy atom. The highest BCUT2D eigenvalue weighted by atomic mass is 32.1. The number of carbonyl (C=O) groups is 1. The number of rotatable bonds is 7. The van der Waals surface area contributed by atoms with Gasteiger partial charge in [0.05, 0.1) is 12.8 Å². The van der Waals surface area contributed by atoms with Gasteiger partial charge in [-0.3, -0.25) is 4.79 Å². The van der Waals surface area contributed by atoms with Crippen molar-refractivity contribution in [2.24, 2.45) is 0 Å². The number of furan rings is 1. The molecule has 0 spiro atoms. The van der Waals surface area contributed by atoms with Gasteiger partial charge in [-0.05, 0) is 42.0 Å². The van der Waals surface area contributed by atoms with Crippen molar-refractivity contribution in [2.75, 3.05) is 0 Å². The maximum Gasteiger partial charge on any atom is 0.271 e. The zero-order chi connectivity index (χ0) is 20.1. The fourth-order valence-electron chi connectivity index (χ4n) is 2.69. The molecule has 29 heavy (non-hydrogen) atoms. The Morgan fingerprint density at radius 1 is 1.14 bits per heavy atom. The van der Waals surface area contributed by atoms with Gasteiger partial charge >= 0.3 is 0 Å². The second-order valence-corrected chi connectivity index (χ2v) is 7.10. The van der Waals surface area contributed by atoms with Crippen LogP contribution in [0.4, 0.5) is 4.39 Å². The van der Waals surface area contributed by atoms with Crippen LogP contribution in [0.1, 0.15) is 21.8 Å². The highest BCUT2D eigenvalue weighted by molar-refractivity contribution is 7.13. The lowest BCUT2D eigenvalue weighted by Crippen LogP contribution is -2.22. The minimum Gasteiger partial charge on any atom is -0.489 e. The lowest BCUT2D eigenvalue weighted by atomic mass is 10.2. The standard InChI is InChI=1S/C22H17FN2O3S/c23-17-6-1-4-15(10-17)13-28-18-7-2-5-16(11-18)22-25-20(14-29-22)21(26)24-12-19-8-3-9-27-19/h1-11,14H,12-13H2,(H,24,26). The molecule has 0 fully saturated rings. The van der Waals surface area contributed by atoms with Gasteiger partial charge in [0, 0.05) is 10.9 Å². The number of nitrogens with one attached hydrogen (secondary N) is 1. The van der Waals surface area contributed by atoms with E-state index in [1.807, 2.05) is 24.3 Å². The first-order valence-electron chi connectivity index (χ1n) is 8.91. The minimum absolute atomic E-state index is 0.262. The van der Waals surface area contributed by atoms with Crippen LogP contribution < -0.4 is 10.1 Å². The molecule has 0 aliphatic heterocycles. The van der Waals surface area contributed by atoms with E-state index in [9.17, 15) is 9.18 Å². The zero-order valence-electron chi connectivity index (χ0n) is 15.3.